The van der Waals surface area contributed by atoms with E-state index in [4.69, 9.17) is 4.74 Å². The van der Waals surface area contributed by atoms with Crippen molar-refractivity contribution in [3.8, 4) is 0 Å². The lowest BCUT2D eigenvalue weighted by atomic mass is 9.90. The van der Waals surface area contributed by atoms with Crippen LogP contribution >= 0.6 is 0 Å². The van der Waals surface area contributed by atoms with E-state index in [1.165, 1.54) is 13.0 Å². The van der Waals surface area contributed by atoms with Crippen LogP contribution in [0.5, 0.6) is 0 Å². The van der Waals surface area contributed by atoms with Crippen molar-refractivity contribution in [2.24, 2.45) is 0 Å². The number of tetrazole rings is 1. The minimum Gasteiger partial charge on any atom is -0.446 e. The second-order valence-corrected chi connectivity index (χ2v) is 10.8. The number of carbonyl (C=O) groups is 1. The molecule has 0 saturated carbocycles. The summed E-state index contributed by atoms with van der Waals surface area (Å²) < 4.78 is 130. The Balaban J connectivity index is 1.96. The summed E-state index contributed by atoms with van der Waals surface area (Å²) in [5.41, 5.74) is -4.82. The Morgan fingerprint density at radius 3 is 2.15 bits per heavy atom. The molecule has 2 heterocycles. The van der Waals surface area contributed by atoms with Crippen LogP contribution in [0.3, 0.4) is 0 Å². The summed E-state index contributed by atoms with van der Waals surface area (Å²) in [6.45, 7) is 3.67. The molecule has 0 fully saturated rings. The fourth-order valence-corrected chi connectivity index (χ4v) is 5.03. The monoisotopic (exact) mass is 680 g/mol. The highest BCUT2D eigenvalue weighted by Gasteiger charge is 2.41. The van der Waals surface area contributed by atoms with Gasteiger partial charge >= 0.3 is 24.6 Å². The zero-order valence-corrected chi connectivity index (χ0v) is 25.1. The lowest BCUT2D eigenvalue weighted by Crippen LogP contribution is -2.41. The van der Waals surface area contributed by atoms with E-state index < -0.39 is 65.6 Å². The maximum absolute atomic E-state index is 14.0. The van der Waals surface area contributed by atoms with Crippen LogP contribution in [0.4, 0.5) is 55.9 Å². The van der Waals surface area contributed by atoms with E-state index in [0.717, 1.165) is 32.8 Å². The molecule has 47 heavy (non-hydrogen) atoms. The van der Waals surface area contributed by atoms with E-state index in [1.54, 1.807) is 13.8 Å². The van der Waals surface area contributed by atoms with Crippen molar-refractivity contribution in [1.82, 2.24) is 20.2 Å². The first-order valence-electron chi connectivity index (χ1n) is 14.1. The highest BCUT2D eigenvalue weighted by atomic mass is 19.4. The second kappa shape index (κ2) is 13.4. The van der Waals surface area contributed by atoms with Crippen LogP contribution in [-0.4, -0.2) is 44.1 Å². The third-order valence-electron chi connectivity index (χ3n) is 7.09. The van der Waals surface area contributed by atoms with Crippen LogP contribution in [0.2, 0.25) is 0 Å². The first-order chi connectivity index (χ1) is 21.8. The lowest BCUT2D eigenvalue weighted by molar-refractivity contribution is -0.143. The SMILES string of the molecule is C/C=C1\C[C@H](N(Cc2cc(C(F)(F)F)cc(C(F)(F)F)c2)c2nnn(CCCO)n2)c2cc(C(F)(F)F)ccc2N1C(=O)OC(C)C. The number of fused-ring (bicyclic) bond motifs is 1. The molecule has 9 nitrogen and oxygen atoms in total. The van der Waals surface area contributed by atoms with Crippen LogP contribution in [0, 0.1) is 0 Å². The van der Waals surface area contributed by atoms with Crippen LogP contribution in [-0.2, 0) is 36.4 Å². The number of hydrogen-bond acceptors (Lipinski definition) is 7. The Hall–Kier alpha value is -4.35. The van der Waals surface area contributed by atoms with E-state index in [2.05, 4.69) is 15.4 Å². The smallest absolute Gasteiger partial charge is 0.418 e. The van der Waals surface area contributed by atoms with Gasteiger partial charge in [-0.2, -0.15) is 44.3 Å². The summed E-state index contributed by atoms with van der Waals surface area (Å²) in [7, 11) is 0. The van der Waals surface area contributed by atoms with E-state index in [9.17, 15) is 49.4 Å². The van der Waals surface area contributed by atoms with E-state index >= 15 is 0 Å². The standard InChI is InChI=1S/C29H29F9N6O3/c1-4-21-14-24(22-13-18(27(30,31)32)6-7-23(22)44(21)26(46)47-16(2)3)42(25-39-41-43(40-25)8-5-9-45)15-17-10-19(28(33,34)35)12-20(11-17)29(36,37)38/h4,6-7,10-13,16,24,45H,5,8-9,14-15H2,1-3H3/b21-4+/t24-/m0/s1. The molecule has 0 spiro atoms. The largest absolute Gasteiger partial charge is 0.446 e. The van der Waals surface area contributed by atoms with Gasteiger partial charge in [0.1, 0.15) is 0 Å². The molecule has 0 aliphatic carbocycles. The Morgan fingerprint density at radius 1 is 1.00 bits per heavy atom. The van der Waals surface area contributed by atoms with Crippen LogP contribution in [0.1, 0.15) is 67.5 Å². The van der Waals surface area contributed by atoms with E-state index in [-0.39, 0.29) is 55.0 Å². The van der Waals surface area contributed by atoms with Gasteiger partial charge in [-0.05, 0) is 79.9 Å². The average molecular weight is 681 g/mol. The number of hydrogen-bond donors (Lipinski definition) is 1. The van der Waals surface area contributed by atoms with Gasteiger partial charge < -0.3 is 14.7 Å². The van der Waals surface area contributed by atoms with E-state index in [0.29, 0.717) is 12.1 Å². The topological polar surface area (TPSA) is 96.6 Å². The van der Waals surface area contributed by atoms with Crippen molar-refractivity contribution >= 4 is 17.7 Å². The van der Waals surface area contributed by atoms with Crippen molar-refractivity contribution in [3.05, 3.63) is 76.0 Å². The number of aliphatic hydroxyl groups is 1. The van der Waals surface area contributed by atoms with Crippen LogP contribution in [0.15, 0.2) is 48.2 Å². The molecule has 256 valence electrons. The average Bonchev–Trinajstić information content (AvgIpc) is 3.44. The predicted molar refractivity (Wildman–Crippen MR) is 149 cm³/mol. The predicted octanol–water partition coefficient (Wildman–Crippen LogP) is 7.52. The highest BCUT2D eigenvalue weighted by Crippen LogP contribution is 2.46. The molecule has 0 saturated heterocycles. The Bertz CT molecular complexity index is 1580. The number of anilines is 2. The first-order valence-corrected chi connectivity index (χ1v) is 14.1. The number of halogens is 9. The summed E-state index contributed by atoms with van der Waals surface area (Å²) in [4.78, 5) is 16.4. The highest BCUT2D eigenvalue weighted by molar-refractivity contribution is 5.93. The number of benzene rings is 2. The molecule has 0 unspecified atom stereocenters. The number of nitrogens with zero attached hydrogens (tertiary/aromatic N) is 6. The molecule has 1 N–H and O–H groups in total. The van der Waals surface area contributed by atoms with Gasteiger partial charge in [0.25, 0.3) is 5.95 Å². The number of aryl methyl sites for hydroxylation is 1. The van der Waals surface area contributed by atoms with Gasteiger partial charge in [-0.1, -0.05) is 11.2 Å². The minimum absolute atomic E-state index is 0.0214. The molecule has 1 amide bonds. The number of alkyl halides is 9. The number of aliphatic hydroxyl groups excluding tert-OH is 1. The summed E-state index contributed by atoms with van der Waals surface area (Å²) in [6, 6.07) is 2.21. The molecule has 1 aliphatic heterocycles. The Labute approximate surface area is 262 Å². The van der Waals surface area contributed by atoms with Crippen molar-refractivity contribution in [2.45, 2.75) is 77.4 Å². The molecule has 4 rings (SSSR count). The number of ether oxygens (including phenoxy) is 1. The number of allylic oxidation sites excluding steroid dienone is 1. The first kappa shape index (κ1) is 35.5. The normalized spacial score (nSPS) is 16.5. The van der Waals surface area contributed by atoms with Crippen LogP contribution in [0.25, 0.3) is 0 Å². The van der Waals surface area contributed by atoms with Gasteiger partial charge in [-0.3, -0.25) is 4.90 Å². The van der Waals surface area contributed by atoms with Crippen LogP contribution < -0.4 is 9.80 Å². The summed E-state index contributed by atoms with van der Waals surface area (Å²) >= 11 is 0. The molecule has 3 aromatic rings. The van der Waals surface area contributed by atoms with Gasteiger partial charge in [-0.15, -0.1) is 5.10 Å². The molecule has 0 bridgehead atoms. The van der Waals surface area contributed by atoms with Gasteiger partial charge in [-0.25, -0.2) is 4.79 Å². The molecular formula is C29H29F9N6O3. The third-order valence-corrected chi connectivity index (χ3v) is 7.09. The Morgan fingerprint density at radius 2 is 1.62 bits per heavy atom. The van der Waals surface area contributed by atoms with Gasteiger partial charge in [0.2, 0.25) is 0 Å². The Kier molecular flexibility index (Phi) is 10.1. The molecular weight excluding hydrogens is 651 g/mol. The summed E-state index contributed by atoms with van der Waals surface area (Å²) in [6.07, 6.45) is -15.4. The van der Waals surface area contributed by atoms with Crippen molar-refractivity contribution in [3.63, 3.8) is 0 Å². The molecule has 1 atom stereocenters. The summed E-state index contributed by atoms with van der Waals surface area (Å²) in [5, 5.41) is 21.1. The second-order valence-electron chi connectivity index (χ2n) is 10.8. The molecule has 1 aliphatic rings. The van der Waals surface area contributed by atoms with E-state index in [1.807, 2.05) is 0 Å². The van der Waals surface area contributed by atoms with Crippen molar-refractivity contribution < 1.29 is 54.2 Å². The maximum Gasteiger partial charge on any atom is 0.418 e. The number of aromatic nitrogens is 4. The summed E-state index contributed by atoms with van der Waals surface area (Å²) in [5.74, 6) is -0.337. The molecule has 0 radical (unpaired) electrons. The maximum atomic E-state index is 14.0. The van der Waals surface area contributed by atoms with Crippen molar-refractivity contribution in [1.29, 1.82) is 0 Å². The van der Waals surface area contributed by atoms with Gasteiger partial charge in [0.15, 0.2) is 0 Å². The third kappa shape index (κ3) is 8.15. The molecule has 18 heteroatoms. The molecule has 2 aromatic carbocycles. The fraction of sp³-hybridized carbons (Fsp3) is 0.448. The lowest BCUT2D eigenvalue weighted by Gasteiger charge is -2.41. The number of amides is 1. The number of rotatable bonds is 8. The quantitative estimate of drug-likeness (QED) is 0.246. The zero-order valence-electron chi connectivity index (χ0n) is 25.1. The van der Waals surface area contributed by atoms with Gasteiger partial charge in [0, 0.05) is 25.3 Å². The zero-order chi connectivity index (χ0) is 34.9. The molecule has 1 aromatic heterocycles. The fourth-order valence-electron chi connectivity index (χ4n) is 5.03. The number of carbonyl (C=O) groups excluding carboxylic acids is 1. The minimum atomic E-state index is -5.17. The van der Waals surface area contributed by atoms with Crippen molar-refractivity contribution in [2.75, 3.05) is 16.4 Å². The van der Waals surface area contributed by atoms with Gasteiger partial charge in [0.05, 0.1) is 41.1 Å².